The van der Waals surface area contributed by atoms with Crippen LogP contribution in [-0.4, -0.2) is 15.4 Å². The number of hydrogen-bond donors (Lipinski definition) is 1. The molecule has 1 aromatic rings. The van der Waals surface area contributed by atoms with Gasteiger partial charge in [-0.15, -0.1) is 0 Å². The number of aromatic nitrogens is 3. The van der Waals surface area contributed by atoms with E-state index in [9.17, 15) is 0 Å². The number of aromatic amines is 1. The van der Waals surface area contributed by atoms with Gasteiger partial charge in [0.25, 0.3) is 0 Å². The molecule has 0 bridgehead atoms. The third-order valence-corrected chi connectivity index (χ3v) is 3.00. The molecule has 3 nitrogen and oxygen atoms in total. The lowest BCUT2D eigenvalue weighted by Gasteiger charge is -2.15. The molecule has 1 heterocycles. The maximum absolute atomic E-state index is 4.27. The summed E-state index contributed by atoms with van der Waals surface area (Å²) in [5, 5.41) is 11.3. The highest BCUT2D eigenvalue weighted by Gasteiger charge is 2.19. The molecule has 1 aromatic heterocycles. The van der Waals surface area contributed by atoms with Crippen molar-refractivity contribution in [2.45, 2.75) is 51.4 Å². The Morgan fingerprint density at radius 3 is 3.08 bits per heavy atom. The predicted octanol–water partition coefficient (Wildman–Crippen LogP) is 2.41. The summed E-state index contributed by atoms with van der Waals surface area (Å²) >= 11 is 0. The normalized spacial score (nSPS) is 23.3. The van der Waals surface area contributed by atoms with Crippen molar-refractivity contribution >= 4 is 0 Å². The molecule has 1 aliphatic rings. The summed E-state index contributed by atoms with van der Waals surface area (Å²) in [6.45, 7) is 2.24. The Labute approximate surface area is 78.9 Å². The Morgan fingerprint density at radius 1 is 1.31 bits per heavy atom. The molecule has 0 saturated carbocycles. The second-order valence-electron chi connectivity index (χ2n) is 3.86. The molecular formula is C10H17N3. The van der Waals surface area contributed by atoms with Crippen LogP contribution in [-0.2, 0) is 6.42 Å². The van der Waals surface area contributed by atoms with E-state index in [0.717, 1.165) is 6.42 Å². The molecule has 0 aromatic carbocycles. The van der Waals surface area contributed by atoms with Crippen LogP contribution < -0.4 is 0 Å². The van der Waals surface area contributed by atoms with Gasteiger partial charge in [-0.3, -0.25) is 0 Å². The van der Waals surface area contributed by atoms with Crippen LogP contribution in [0, 0.1) is 0 Å². The molecule has 13 heavy (non-hydrogen) atoms. The van der Waals surface area contributed by atoms with E-state index in [2.05, 4.69) is 22.3 Å². The molecule has 0 spiro atoms. The average molecular weight is 179 g/mol. The van der Waals surface area contributed by atoms with Crippen molar-refractivity contribution in [1.82, 2.24) is 15.4 Å². The Morgan fingerprint density at radius 2 is 2.23 bits per heavy atom. The Balaban J connectivity index is 2.24. The molecule has 2 rings (SSSR count). The second-order valence-corrected chi connectivity index (χ2v) is 3.86. The fourth-order valence-corrected chi connectivity index (χ4v) is 2.17. The number of rotatable bonds is 1. The summed E-state index contributed by atoms with van der Waals surface area (Å²) in [7, 11) is 0. The fourth-order valence-electron chi connectivity index (χ4n) is 2.17. The number of nitrogens with zero attached hydrogens (tertiary/aromatic N) is 2. The molecular weight excluding hydrogens is 162 g/mol. The number of fused-ring (bicyclic) bond motifs is 1. The van der Waals surface area contributed by atoms with E-state index in [4.69, 9.17) is 0 Å². The largest absolute Gasteiger partial charge is 0.197 e. The van der Waals surface area contributed by atoms with E-state index in [-0.39, 0.29) is 0 Å². The monoisotopic (exact) mass is 179 g/mol. The summed E-state index contributed by atoms with van der Waals surface area (Å²) < 4.78 is 0. The molecule has 72 valence electrons. The van der Waals surface area contributed by atoms with Gasteiger partial charge in [0.05, 0.1) is 11.4 Å². The van der Waals surface area contributed by atoms with Crippen LogP contribution in [0.15, 0.2) is 0 Å². The van der Waals surface area contributed by atoms with Crippen LogP contribution in [0.25, 0.3) is 0 Å². The number of hydrogen-bond acceptors (Lipinski definition) is 2. The SMILES string of the molecule is CCC1CCCCCc2n[nH]nc21. The van der Waals surface area contributed by atoms with Crippen molar-refractivity contribution in [3.63, 3.8) is 0 Å². The van der Waals surface area contributed by atoms with Crippen molar-refractivity contribution in [3.05, 3.63) is 11.4 Å². The van der Waals surface area contributed by atoms with Crippen molar-refractivity contribution in [3.8, 4) is 0 Å². The third-order valence-electron chi connectivity index (χ3n) is 3.00. The minimum atomic E-state index is 0.647. The topological polar surface area (TPSA) is 41.6 Å². The van der Waals surface area contributed by atoms with Crippen LogP contribution in [0.4, 0.5) is 0 Å². The molecule has 0 amide bonds. The smallest absolute Gasteiger partial charge is 0.0887 e. The zero-order valence-corrected chi connectivity index (χ0v) is 8.21. The van der Waals surface area contributed by atoms with Crippen LogP contribution in [0.1, 0.15) is 56.3 Å². The minimum absolute atomic E-state index is 0.647. The second kappa shape index (κ2) is 3.90. The van der Waals surface area contributed by atoms with Gasteiger partial charge < -0.3 is 0 Å². The van der Waals surface area contributed by atoms with Gasteiger partial charge in [-0.2, -0.15) is 15.4 Å². The van der Waals surface area contributed by atoms with Crippen molar-refractivity contribution in [1.29, 1.82) is 0 Å². The average Bonchev–Trinajstić information content (AvgIpc) is 2.53. The van der Waals surface area contributed by atoms with Gasteiger partial charge in [0.15, 0.2) is 0 Å². The fraction of sp³-hybridized carbons (Fsp3) is 0.800. The molecule has 1 atom stereocenters. The highest BCUT2D eigenvalue weighted by Crippen LogP contribution is 2.28. The van der Waals surface area contributed by atoms with Gasteiger partial charge >= 0.3 is 0 Å². The molecule has 0 saturated heterocycles. The van der Waals surface area contributed by atoms with E-state index in [1.165, 1.54) is 43.5 Å². The Kier molecular flexibility index (Phi) is 2.62. The van der Waals surface area contributed by atoms with E-state index >= 15 is 0 Å². The van der Waals surface area contributed by atoms with E-state index < -0.39 is 0 Å². The van der Waals surface area contributed by atoms with E-state index in [0.29, 0.717) is 5.92 Å². The van der Waals surface area contributed by atoms with Crippen LogP contribution >= 0.6 is 0 Å². The molecule has 0 aliphatic heterocycles. The summed E-state index contributed by atoms with van der Waals surface area (Å²) in [4.78, 5) is 0. The Hall–Kier alpha value is -0.860. The summed E-state index contributed by atoms with van der Waals surface area (Å²) in [6, 6.07) is 0. The minimum Gasteiger partial charge on any atom is -0.197 e. The quantitative estimate of drug-likeness (QED) is 0.719. The first-order valence-electron chi connectivity index (χ1n) is 5.31. The maximum Gasteiger partial charge on any atom is 0.0887 e. The summed E-state index contributed by atoms with van der Waals surface area (Å²) in [6.07, 6.45) is 7.57. The lowest BCUT2D eigenvalue weighted by Crippen LogP contribution is -2.05. The lowest BCUT2D eigenvalue weighted by molar-refractivity contribution is 0.513. The molecule has 0 radical (unpaired) electrons. The van der Waals surface area contributed by atoms with Crippen molar-refractivity contribution in [2.75, 3.05) is 0 Å². The first-order chi connectivity index (χ1) is 6.42. The van der Waals surface area contributed by atoms with Crippen LogP contribution in [0.5, 0.6) is 0 Å². The standard InChI is InChI=1S/C10H17N3/c1-2-8-6-4-3-5-7-9-10(8)12-13-11-9/h8H,2-7H2,1H3,(H,11,12,13). The molecule has 1 unspecified atom stereocenters. The zero-order valence-electron chi connectivity index (χ0n) is 8.21. The highest BCUT2D eigenvalue weighted by molar-refractivity contribution is 5.14. The van der Waals surface area contributed by atoms with Crippen LogP contribution in [0.2, 0.25) is 0 Å². The van der Waals surface area contributed by atoms with Gasteiger partial charge in [0.1, 0.15) is 0 Å². The lowest BCUT2D eigenvalue weighted by atomic mass is 9.90. The van der Waals surface area contributed by atoms with Gasteiger partial charge in [-0.05, 0) is 25.7 Å². The number of H-pyrrole nitrogens is 1. The maximum atomic E-state index is 4.27. The van der Waals surface area contributed by atoms with Gasteiger partial charge in [0, 0.05) is 5.92 Å². The molecule has 1 N–H and O–H groups in total. The van der Waals surface area contributed by atoms with Crippen molar-refractivity contribution in [2.24, 2.45) is 0 Å². The molecule has 1 aliphatic carbocycles. The number of nitrogens with one attached hydrogen (secondary N) is 1. The molecule has 3 heteroatoms. The van der Waals surface area contributed by atoms with Crippen molar-refractivity contribution < 1.29 is 0 Å². The van der Waals surface area contributed by atoms with Gasteiger partial charge in [-0.25, -0.2) is 0 Å². The van der Waals surface area contributed by atoms with E-state index in [1.807, 2.05) is 0 Å². The number of aryl methyl sites for hydroxylation is 1. The van der Waals surface area contributed by atoms with E-state index in [1.54, 1.807) is 0 Å². The molecule has 0 fully saturated rings. The third kappa shape index (κ3) is 1.74. The van der Waals surface area contributed by atoms with Gasteiger partial charge in [0.2, 0.25) is 0 Å². The predicted molar refractivity (Wildman–Crippen MR) is 51.6 cm³/mol. The van der Waals surface area contributed by atoms with Crippen LogP contribution in [0.3, 0.4) is 0 Å². The van der Waals surface area contributed by atoms with Gasteiger partial charge in [-0.1, -0.05) is 19.8 Å². The summed E-state index contributed by atoms with van der Waals surface area (Å²) in [5.41, 5.74) is 2.45. The summed E-state index contributed by atoms with van der Waals surface area (Å²) in [5.74, 6) is 0.647. The first kappa shape index (κ1) is 8.73. The zero-order chi connectivity index (χ0) is 9.10. The Bertz CT molecular complexity index is 267. The highest BCUT2D eigenvalue weighted by atomic mass is 15.3. The first-order valence-corrected chi connectivity index (χ1v) is 5.31.